The van der Waals surface area contributed by atoms with Crippen LogP contribution >= 0.6 is 0 Å². The molecule has 1 unspecified atom stereocenters. The summed E-state index contributed by atoms with van der Waals surface area (Å²) >= 11 is 0. The first-order valence-electron chi connectivity index (χ1n) is 6.48. The van der Waals surface area contributed by atoms with Gasteiger partial charge >= 0.3 is 0 Å². The van der Waals surface area contributed by atoms with Crippen LogP contribution in [0.25, 0.3) is 0 Å². The van der Waals surface area contributed by atoms with Crippen molar-refractivity contribution in [2.75, 3.05) is 13.1 Å². The van der Waals surface area contributed by atoms with Crippen LogP contribution in [0.15, 0.2) is 18.2 Å². The number of nitrogens with one attached hydrogen (secondary N) is 1. The van der Waals surface area contributed by atoms with Gasteiger partial charge < -0.3 is 10.1 Å². The highest BCUT2D eigenvalue weighted by atomic mass is 16.5. The summed E-state index contributed by atoms with van der Waals surface area (Å²) in [6, 6.07) is 6.28. The first-order chi connectivity index (χ1) is 8.02. The first kappa shape index (κ1) is 14.0. The molecule has 0 saturated heterocycles. The number of hydrogen-bond acceptors (Lipinski definition) is 2. The van der Waals surface area contributed by atoms with Crippen molar-refractivity contribution in [2.24, 2.45) is 0 Å². The summed E-state index contributed by atoms with van der Waals surface area (Å²) in [4.78, 5) is 0. The molecule has 0 amide bonds. The molecule has 0 aliphatic heterocycles. The highest BCUT2D eigenvalue weighted by Crippen LogP contribution is 2.28. The van der Waals surface area contributed by atoms with Crippen molar-refractivity contribution in [2.45, 2.75) is 46.6 Å². The van der Waals surface area contributed by atoms with Crippen LogP contribution in [0.2, 0.25) is 0 Å². The Morgan fingerprint density at radius 2 is 1.76 bits per heavy atom. The molecular weight excluding hydrogens is 210 g/mol. The number of rotatable bonds is 6. The van der Waals surface area contributed by atoms with E-state index in [4.69, 9.17) is 4.74 Å². The zero-order valence-electron chi connectivity index (χ0n) is 11.8. The van der Waals surface area contributed by atoms with E-state index in [0.717, 1.165) is 25.3 Å². The Morgan fingerprint density at radius 1 is 1.18 bits per heavy atom. The minimum Gasteiger partial charge on any atom is -0.486 e. The second-order valence-corrected chi connectivity index (χ2v) is 4.91. The van der Waals surface area contributed by atoms with E-state index >= 15 is 0 Å². The lowest BCUT2D eigenvalue weighted by atomic mass is 10.0. The van der Waals surface area contributed by atoms with Crippen molar-refractivity contribution in [3.05, 3.63) is 29.3 Å². The third kappa shape index (κ3) is 3.74. The highest BCUT2D eigenvalue weighted by molar-refractivity contribution is 5.40. The molecule has 96 valence electrons. The summed E-state index contributed by atoms with van der Waals surface area (Å²) in [5.41, 5.74) is 2.29. The van der Waals surface area contributed by atoms with E-state index in [9.17, 15) is 0 Å². The fourth-order valence-electron chi connectivity index (χ4n) is 1.83. The molecule has 0 radical (unpaired) electrons. The summed E-state index contributed by atoms with van der Waals surface area (Å²) in [5, 5.41) is 3.37. The number of hydrogen-bond donors (Lipinski definition) is 1. The number of ether oxygens (including phenoxy) is 1. The molecule has 0 saturated carbocycles. The molecule has 1 N–H and O–H groups in total. The van der Waals surface area contributed by atoms with Crippen LogP contribution < -0.4 is 10.1 Å². The molecule has 0 heterocycles. The standard InChI is InChI=1S/C15H25NO/c1-6-15(5,11-16-7-2)17-14-12(3)9-8-10-13(14)4/h8-10,16H,6-7,11H2,1-5H3. The summed E-state index contributed by atoms with van der Waals surface area (Å²) in [7, 11) is 0. The molecule has 1 aromatic rings. The Bertz CT molecular complexity index is 342. The number of likely N-dealkylation sites (N-methyl/N-ethyl adjacent to an activating group) is 1. The maximum absolute atomic E-state index is 6.25. The molecule has 0 aromatic heterocycles. The van der Waals surface area contributed by atoms with Gasteiger partial charge in [0.25, 0.3) is 0 Å². The summed E-state index contributed by atoms with van der Waals surface area (Å²) in [6.45, 7) is 12.5. The minimum absolute atomic E-state index is 0.132. The van der Waals surface area contributed by atoms with Gasteiger partial charge in [-0.3, -0.25) is 0 Å². The predicted molar refractivity (Wildman–Crippen MR) is 73.8 cm³/mol. The molecule has 17 heavy (non-hydrogen) atoms. The van der Waals surface area contributed by atoms with Crippen molar-refractivity contribution in [3.8, 4) is 5.75 Å². The first-order valence-corrected chi connectivity index (χ1v) is 6.48. The lowest BCUT2D eigenvalue weighted by molar-refractivity contribution is 0.0825. The van der Waals surface area contributed by atoms with Crippen molar-refractivity contribution >= 4 is 0 Å². The molecule has 0 aliphatic rings. The SMILES string of the molecule is CCNCC(C)(CC)Oc1c(C)cccc1C. The largest absolute Gasteiger partial charge is 0.486 e. The van der Waals surface area contributed by atoms with Crippen molar-refractivity contribution in [3.63, 3.8) is 0 Å². The van der Waals surface area contributed by atoms with E-state index < -0.39 is 0 Å². The zero-order valence-corrected chi connectivity index (χ0v) is 11.8. The molecule has 1 atom stereocenters. The van der Waals surface area contributed by atoms with Crippen molar-refractivity contribution in [1.82, 2.24) is 5.32 Å². The highest BCUT2D eigenvalue weighted by Gasteiger charge is 2.24. The maximum atomic E-state index is 6.25. The normalized spacial score (nSPS) is 14.4. The Morgan fingerprint density at radius 3 is 2.24 bits per heavy atom. The van der Waals surface area contributed by atoms with Crippen LogP contribution in [-0.2, 0) is 0 Å². The van der Waals surface area contributed by atoms with Crippen LogP contribution in [0, 0.1) is 13.8 Å². The average Bonchev–Trinajstić information content (AvgIpc) is 2.32. The summed E-state index contributed by atoms with van der Waals surface area (Å²) in [6.07, 6.45) is 0.994. The van der Waals surface area contributed by atoms with Crippen LogP contribution in [0.1, 0.15) is 38.3 Å². The van der Waals surface area contributed by atoms with E-state index in [2.05, 4.69) is 58.1 Å². The monoisotopic (exact) mass is 235 g/mol. The second-order valence-electron chi connectivity index (χ2n) is 4.91. The Labute approximate surface area is 105 Å². The molecule has 0 bridgehead atoms. The fraction of sp³-hybridized carbons (Fsp3) is 0.600. The molecule has 2 nitrogen and oxygen atoms in total. The van der Waals surface area contributed by atoms with E-state index in [1.165, 1.54) is 11.1 Å². The molecule has 1 aromatic carbocycles. The van der Waals surface area contributed by atoms with Gasteiger partial charge in [0.05, 0.1) is 0 Å². The molecule has 2 heteroatoms. The lowest BCUT2D eigenvalue weighted by Gasteiger charge is -2.31. The minimum atomic E-state index is -0.132. The van der Waals surface area contributed by atoms with Gasteiger partial charge in [-0.1, -0.05) is 32.0 Å². The average molecular weight is 235 g/mol. The van der Waals surface area contributed by atoms with E-state index in [0.29, 0.717) is 0 Å². The van der Waals surface area contributed by atoms with Crippen molar-refractivity contribution < 1.29 is 4.74 Å². The quantitative estimate of drug-likeness (QED) is 0.815. The second kappa shape index (κ2) is 6.06. The summed E-state index contributed by atoms with van der Waals surface area (Å²) < 4.78 is 6.25. The number of para-hydroxylation sites is 1. The van der Waals surface area contributed by atoms with Gasteiger partial charge in [-0.15, -0.1) is 0 Å². The van der Waals surface area contributed by atoms with E-state index in [1.807, 2.05) is 0 Å². The van der Waals surface area contributed by atoms with Crippen LogP contribution in [0.5, 0.6) is 5.75 Å². The summed E-state index contributed by atoms with van der Waals surface area (Å²) in [5.74, 6) is 1.04. The van der Waals surface area contributed by atoms with Gasteiger partial charge in [-0.25, -0.2) is 0 Å². The number of aryl methyl sites for hydroxylation is 2. The predicted octanol–water partition coefficient (Wildman–Crippen LogP) is 3.46. The molecule has 0 spiro atoms. The van der Waals surface area contributed by atoms with Gasteiger partial charge in [0, 0.05) is 6.54 Å². The number of benzene rings is 1. The third-order valence-electron chi connectivity index (χ3n) is 3.25. The third-order valence-corrected chi connectivity index (χ3v) is 3.25. The van der Waals surface area contributed by atoms with Gasteiger partial charge in [-0.2, -0.15) is 0 Å². The topological polar surface area (TPSA) is 21.3 Å². The van der Waals surface area contributed by atoms with Crippen LogP contribution in [0.4, 0.5) is 0 Å². The molecule has 1 rings (SSSR count). The van der Waals surface area contributed by atoms with Gasteiger partial charge in [0.1, 0.15) is 11.4 Å². The smallest absolute Gasteiger partial charge is 0.126 e. The van der Waals surface area contributed by atoms with Crippen LogP contribution in [-0.4, -0.2) is 18.7 Å². The molecular formula is C15H25NO. The molecule has 0 fully saturated rings. The Kier molecular flexibility index (Phi) is 5.01. The zero-order chi connectivity index (χ0) is 12.9. The lowest BCUT2D eigenvalue weighted by Crippen LogP contribution is -2.42. The Balaban J connectivity index is 2.86. The van der Waals surface area contributed by atoms with Gasteiger partial charge in [0.15, 0.2) is 0 Å². The van der Waals surface area contributed by atoms with Crippen molar-refractivity contribution in [1.29, 1.82) is 0 Å². The van der Waals surface area contributed by atoms with Gasteiger partial charge in [0.2, 0.25) is 0 Å². The van der Waals surface area contributed by atoms with E-state index in [1.54, 1.807) is 0 Å². The maximum Gasteiger partial charge on any atom is 0.126 e. The van der Waals surface area contributed by atoms with Gasteiger partial charge in [-0.05, 0) is 44.9 Å². The molecule has 0 aliphatic carbocycles. The fourth-order valence-corrected chi connectivity index (χ4v) is 1.83. The van der Waals surface area contributed by atoms with E-state index in [-0.39, 0.29) is 5.60 Å². The Hall–Kier alpha value is -1.02. The van der Waals surface area contributed by atoms with Crippen LogP contribution in [0.3, 0.4) is 0 Å².